The van der Waals surface area contributed by atoms with Crippen molar-refractivity contribution in [2.45, 2.75) is 91.0 Å². The summed E-state index contributed by atoms with van der Waals surface area (Å²) in [5, 5.41) is 32.6. The quantitative estimate of drug-likeness (QED) is 0.677. The molecule has 4 fully saturated rings. The highest BCUT2D eigenvalue weighted by Gasteiger charge is 2.65. The first-order valence-corrected chi connectivity index (χ1v) is 10.7. The van der Waals surface area contributed by atoms with Crippen molar-refractivity contribution in [2.24, 2.45) is 46.3 Å². The summed E-state index contributed by atoms with van der Waals surface area (Å²) in [7, 11) is 0. The van der Waals surface area contributed by atoms with Gasteiger partial charge in [-0.25, -0.2) is 0 Å². The van der Waals surface area contributed by atoms with E-state index in [0.717, 1.165) is 38.5 Å². The van der Waals surface area contributed by atoms with E-state index in [1.165, 1.54) is 6.42 Å². The summed E-state index contributed by atoms with van der Waals surface area (Å²) in [6.07, 6.45) is 6.14. The monoisotopic (exact) mass is 350 g/mol. The molecule has 3 heteroatoms. The molecule has 0 spiro atoms. The second-order valence-corrected chi connectivity index (χ2v) is 10.8. The molecule has 1 unspecified atom stereocenters. The molecular formula is C22H38O3. The summed E-state index contributed by atoms with van der Waals surface area (Å²) in [6, 6.07) is 0. The molecule has 4 rings (SSSR count). The molecule has 10 atom stereocenters. The maximum Gasteiger partial charge on any atom is 0.0602 e. The molecule has 0 aromatic rings. The van der Waals surface area contributed by atoms with E-state index in [0.29, 0.717) is 35.5 Å². The van der Waals surface area contributed by atoms with Gasteiger partial charge in [-0.05, 0) is 91.3 Å². The van der Waals surface area contributed by atoms with Gasteiger partial charge >= 0.3 is 0 Å². The van der Waals surface area contributed by atoms with E-state index in [-0.39, 0.29) is 29.1 Å². The van der Waals surface area contributed by atoms with Crippen LogP contribution in [0.15, 0.2) is 0 Å². The van der Waals surface area contributed by atoms with E-state index < -0.39 is 0 Å². The highest BCUT2D eigenvalue weighted by Crippen LogP contribution is 2.68. The number of rotatable bonds is 1. The molecule has 0 aromatic heterocycles. The van der Waals surface area contributed by atoms with Crippen molar-refractivity contribution >= 4 is 0 Å². The van der Waals surface area contributed by atoms with Gasteiger partial charge in [0.1, 0.15) is 0 Å². The molecule has 144 valence electrons. The lowest BCUT2D eigenvalue weighted by Gasteiger charge is -2.63. The van der Waals surface area contributed by atoms with Crippen LogP contribution >= 0.6 is 0 Å². The zero-order valence-corrected chi connectivity index (χ0v) is 16.5. The lowest BCUT2D eigenvalue weighted by Crippen LogP contribution is -2.62. The van der Waals surface area contributed by atoms with E-state index >= 15 is 0 Å². The average molecular weight is 351 g/mol. The van der Waals surface area contributed by atoms with Crippen molar-refractivity contribution in [1.29, 1.82) is 0 Å². The topological polar surface area (TPSA) is 60.7 Å². The van der Waals surface area contributed by atoms with Gasteiger partial charge in [-0.1, -0.05) is 27.7 Å². The van der Waals surface area contributed by atoms with E-state index in [1.54, 1.807) is 0 Å². The fraction of sp³-hybridized carbons (Fsp3) is 1.00. The van der Waals surface area contributed by atoms with Gasteiger partial charge in [0.2, 0.25) is 0 Å². The van der Waals surface area contributed by atoms with Crippen molar-refractivity contribution < 1.29 is 15.3 Å². The number of fused-ring (bicyclic) bond motifs is 5. The number of aliphatic hydroxyl groups is 3. The SMILES string of the molecule is CC(C)[C@H]1CC[C@H]2[C@@H]3[C@H](O)C[C@H]4CC(O)CC[C@]4(C)[C@H]3C[C@H](O)[C@]12C. The summed E-state index contributed by atoms with van der Waals surface area (Å²) < 4.78 is 0. The highest BCUT2D eigenvalue weighted by atomic mass is 16.3. The van der Waals surface area contributed by atoms with Crippen LogP contribution in [-0.4, -0.2) is 33.6 Å². The van der Waals surface area contributed by atoms with Crippen LogP contribution in [-0.2, 0) is 0 Å². The van der Waals surface area contributed by atoms with Crippen LogP contribution in [0.1, 0.15) is 72.6 Å². The third-order valence-electron chi connectivity index (χ3n) is 9.64. The minimum absolute atomic E-state index is 0.0340. The van der Waals surface area contributed by atoms with Crippen LogP contribution < -0.4 is 0 Å². The lowest BCUT2D eigenvalue weighted by molar-refractivity contribution is -0.206. The largest absolute Gasteiger partial charge is 0.393 e. The highest BCUT2D eigenvalue weighted by molar-refractivity contribution is 5.14. The summed E-state index contributed by atoms with van der Waals surface area (Å²) in [6.45, 7) is 9.32. The third kappa shape index (κ3) is 2.41. The second-order valence-electron chi connectivity index (χ2n) is 10.8. The van der Waals surface area contributed by atoms with Crippen LogP contribution in [0.25, 0.3) is 0 Å². The first kappa shape index (κ1) is 18.3. The fourth-order valence-electron chi connectivity index (χ4n) is 8.29. The Balaban J connectivity index is 1.70. The molecule has 0 radical (unpaired) electrons. The number of hydrogen-bond acceptors (Lipinski definition) is 3. The zero-order valence-electron chi connectivity index (χ0n) is 16.5. The van der Waals surface area contributed by atoms with Crippen LogP contribution in [0.4, 0.5) is 0 Å². The molecule has 3 N–H and O–H groups in total. The predicted octanol–water partition coefficient (Wildman–Crippen LogP) is 3.60. The second kappa shape index (κ2) is 5.94. The van der Waals surface area contributed by atoms with E-state index in [1.807, 2.05) is 0 Å². The molecule has 0 heterocycles. The number of hydrogen-bond donors (Lipinski definition) is 3. The average Bonchev–Trinajstić information content (AvgIpc) is 2.89. The molecule has 0 amide bonds. The van der Waals surface area contributed by atoms with Gasteiger partial charge in [0, 0.05) is 0 Å². The molecule has 3 nitrogen and oxygen atoms in total. The maximum atomic E-state index is 11.3. The van der Waals surface area contributed by atoms with Crippen molar-refractivity contribution in [1.82, 2.24) is 0 Å². The standard InChI is InChI=1S/C22H38O3/c1-12(2)15-5-6-16-20-17(11-19(25)22(15,16)4)21(3)8-7-14(23)9-13(21)10-18(20)24/h12-20,23-25H,5-11H2,1-4H3/t13-,14?,15-,16+,17+,18-,19+,20+,21+,22-/m1/s1. The fourth-order valence-corrected chi connectivity index (χ4v) is 8.29. The maximum absolute atomic E-state index is 11.3. The molecule has 0 aliphatic heterocycles. The zero-order chi connectivity index (χ0) is 18.1. The van der Waals surface area contributed by atoms with Gasteiger partial charge < -0.3 is 15.3 Å². The van der Waals surface area contributed by atoms with Crippen LogP contribution in [0, 0.1) is 46.3 Å². The van der Waals surface area contributed by atoms with E-state index in [2.05, 4.69) is 27.7 Å². The summed E-state index contributed by atoms with van der Waals surface area (Å²) in [4.78, 5) is 0. The molecule has 4 saturated carbocycles. The molecule has 0 saturated heterocycles. The first-order chi connectivity index (χ1) is 11.7. The first-order valence-electron chi connectivity index (χ1n) is 10.7. The van der Waals surface area contributed by atoms with Gasteiger partial charge in [0.05, 0.1) is 18.3 Å². The molecule has 4 aliphatic carbocycles. The minimum Gasteiger partial charge on any atom is -0.393 e. The normalized spacial score (nSPS) is 58.6. The molecule has 4 aliphatic rings. The minimum atomic E-state index is -0.254. The van der Waals surface area contributed by atoms with Crippen LogP contribution in [0.5, 0.6) is 0 Å². The number of aliphatic hydroxyl groups excluding tert-OH is 3. The Morgan fingerprint density at radius 2 is 1.60 bits per heavy atom. The van der Waals surface area contributed by atoms with Crippen molar-refractivity contribution in [3.63, 3.8) is 0 Å². The Labute approximate surface area is 153 Å². The van der Waals surface area contributed by atoms with Crippen LogP contribution in [0.3, 0.4) is 0 Å². The van der Waals surface area contributed by atoms with Crippen LogP contribution in [0.2, 0.25) is 0 Å². The Kier molecular flexibility index (Phi) is 4.34. The van der Waals surface area contributed by atoms with Gasteiger partial charge in [-0.2, -0.15) is 0 Å². The molecule has 0 aromatic carbocycles. The summed E-state index contributed by atoms with van der Waals surface area (Å²) >= 11 is 0. The Morgan fingerprint density at radius 1 is 0.880 bits per heavy atom. The molecule has 0 bridgehead atoms. The Morgan fingerprint density at radius 3 is 2.28 bits per heavy atom. The lowest BCUT2D eigenvalue weighted by atomic mass is 9.43. The van der Waals surface area contributed by atoms with Crippen molar-refractivity contribution in [3.05, 3.63) is 0 Å². The molecule has 25 heavy (non-hydrogen) atoms. The predicted molar refractivity (Wildman–Crippen MR) is 98.8 cm³/mol. The van der Waals surface area contributed by atoms with E-state index in [9.17, 15) is 15.3 Å². The van der Waals surface area contributed by atoms with Crippen molar-refractivity contribution in [2.75, 3.05) is 0 Å². The van der Waals surface area contributed by atoms with E-state index in [4.69, 9.17) is 0 Å². The van der Waals surface area contributed by atoms with Gasteiger partial charge in [0.25, 0.3) is 0 Å². The van der Waals surface area contributed by atoms with Gasteiger partial charge in [-0.3, -0.25) is 0 Å². The Hall–Kier alpha value is -0.120. The van der Waals surface area contributed by atoms with Crippen molar-refractivity contribution in [3.8, 4) is 0 Å². The van der Waals surface area contributed by atoms with Gasteiger partial charge in [0.15, 0.2) is 0 Å². The third-order valence-corrected chi connectivity index (χ3v) is 9.64. The van der Waals surface area contributed by atoms with Gasteiger partial charge in [-0.15, -0.1) is 0 Å². The summed E-state index contributed by atoms with van der Waals surface area (Å²) in [5.41, 5.74) is 0.148. The molecular weight excluding hydrogens is 312 g/mol. The summed E-state index contributed by atoms with van der Waals surface area (Å²) in [5.74, 6) is 2.77. The Bertz CT molecular complexity index is 519. The smallest absolute Gasteiger partial charge is 0.0602 e.